The van der Waals surface area contributed by atoms with E-state index in [0.29, 0.717) is 0 Å². The number of hydrogen-bond acceptors (Lipinski definition) is 3. The summed E-state index contributed by atoms with van der Waals surface area (Å²) in [6.07, 6.45) is 5.30. The van der Waals surface area contributed by atoms with Crippen molar-refractivity contribution in [3.8, 4) is 39.5 Å². The fourth-order valence-corrected chi connectivity index (χ4v) is 5.64. The summed E-state index contributed by atoms with van der Waals surface area (Å²) in [6, 6.07) is 40.5. The molecule has 41 heavy (non-hydrogen) atoms. The Kier molecular flexibility index (Phi) is 6.18. The number of fused-ring (bicyclic) bond motifs is 4. The maximum absolute atomic E-state index is 5.52. The Hall–Kier alpha value is -4.73. The van der Waals surface area contributed by atoms with Crippen LogP contribution >= 0.6 is 0 Å². The van der Waals surface area contributed by atoms with E-state index in [1.165, 1.54) is 0 Å². The number of benzene rings is 4. The molecule has 0 saturated carbocycles. The number of aryl methyl sites for hydroxylation is 1. The second-order valence-corrected chi connectivity index (χ2v) is 9.83. The standard InChI is InChI=1S/C35H22N4O.Pt/c1-38-33-15-5-3-13-31(33)37-35(38)29-21-34-28(20-27(29)24-16-18-40-22-24)26-11-2-4-14-32(26)39(34)25-10-8-9-23(19-25)30-12-6-7-17-36-30;/h2-18,20,22H,1H3;/q-2;+2. The van der Waals surface area contributed by atoms with Crippen molar-refractivity contribution >= 4 is 32.8 Å². The van der Waals surface area contributed by atoms with Gasteiger partial charge in [0.15, 0.2) is 0 Å². The van der Waals surface area contributed by atoms with Gasteiger partial charge in [-0.2, -0.15) is 0 Å². The van der Waals surface area contributed by atoms with Crippen molar-refractivity contribution in [3.63, 3.8) is 0 Å². The molecule has 0 aliphatic rings. The largest absolute Gasteiger partial charge is 2.00 e. The van der Waals surface area contributed by atoms with E-state index >= 15 is 0 Å². The fourth-order valence-electron chi connectivity index (χ4n) is 5.64. The number of para-hydroxylation sites is 3. The Morgan fingerprint density at radius 2 is 1.61 bits per heavy atom. The second kappa shape index (κ2) is 10.0. The molecule has 198 valence electrons. The second-order valence-electron chi connectivity index (χ2n) is 9.83. The number of rotatable bonds is 4. The van der Waals surface area contributed by atoms with E-state index in [2.05, 4.69) is 81.8 Å². The molecule has 0 amide bonds. The average molecular weight is 710 g/mol. The van der Waals surface area contributed by atoms with E-state index in [1.54, 1.807) is 12.5 Å². The van der Waals surface area contributed by atoms with Crippen molar-refractivity contribution in [1.29, 1.82) is 0 Å². The minimum absolute atomic E-state index is 0. The zero-order valence-electron chi connectivity index (χ0n) is 22.0. The van der Waals surface area contributed by atoms with Crippen LogP contribution in [0.4, 0.5) is 0 Å². The van der Waals surface area contributed by atoms with Gasteiger partial charge in [-0.15, -0.1) is 42.0 Å². The van der Waals surface area contributed by atoms with Crippen molar-refractivity contribution < 1.29 is 25.5 Å². The molecule has 8 aromatic rings. The van der Waals surface area contributed by atoms with Crippen molar-refractivity contribution in [2.75, 3.05) is 0 Å². The summed E-state index contributed by atoms with van der Waals surface area (Å²) >= 11 is 0. The molecule has 0 radical (unpaired) electrons. The summed E-state index contributed by atoms with van der Waals surface area (Å²) in [7, 11) is 2.06. The van der Waals surface area contributed by atoms with Crippen LogP contribution in [0.2, 0.25) is 0 Å². The molecule has 0 fully saturated rings. The van der Waals surface area contributed by atoms with E-state index in [4.69, 9.17) is 9.40 Å². The van der Waals surface area contributed by atoms with Crippen LogP contribution in [-0.2, 0) is 28.1 Å². The van der Waals surface area contributed by atoms with E-state index in [9.17, 15) is 0 Å². The monoisotopic (exact) mass is 709 g/mol. The third-order valence-corrected chi connectivity index (χ3v) is 7.52. The predicted molar refractivity (Wildman–Crippen MR) is 159 cm³/mol. The number of pyridine rings is 1. The maximum atomic E-state index is 5.52. The molecule has 6 heteroatoms. The number of aromatic nitrogens is 4. The van der Waals surface area contributed by atoms with E-state index < -0.39 is 0 Å². The molecule has 0 unspecified atom stereocenters. The summed E-state index contributed by atoms with van der Waals surface area (Å²) in [5.74, 6) is 0.849. The topological polar surface area (TPSA) is 48.8 Å². The smallest absolute Gasteiger partial charge is 0.473 e. The molecule has 4 heterocycles. The van der Waals surface area contributed by atoms with Crippen LogP contribution in [0.15, 0.2) is 120 Å². The van der Waals surface area contributed by atoms with Gasteiger partial charge in [0.05, 0.1) is 29.4 Å². The van der Waals surface area contributed by atoms with E-state index in [0.717, 1.165) is 72.3 Å². The zero-order valence-corrected chi connectivity index (χ0v) is 24.3. The van der Waals surface area contributed by atoms with Crippen LogP contribution in [0.5, 0.6) is 0 Å². The van der Waals surface area contributed by atoms with Gasteiger partial charge < -0.3 is 18.5 Å². The number of nitrogens with zero attached hydrogens (tertiary/aromatic N) is 4. The normalized spacial score (nSPS) is 11.3. The van der Waals surface area contributed by atoms with Gasteiger partial charge in [0.1, 0.15) is 0 Å². The first kappa shape index (κ1) is 25.3. The first-order valence-electron chi connectivity index (χ1n) is 13.1. The molecule has 4 aromatic carbocycles. The number of hydrogen-bond donors (Lipinski definition) is 0. The average Bonchev–Trinajstić information content (AvgIpc) is 3.74. The van der Waals surface area contributed by atoms with Crippen LogP contribution in [0, 0.1) is 12.1 Å². The SMILES string of the molecule is Cn1c(-c2[c-]c3c(cc2-c2ccoc2)c2ccccc2n3-c2[c-]c(-c3ccccn3)ccc2)nc2ccccc21.[Pt+2]. The van der Waals surface area contributed by atoms with Gasteiger partial charge in [-0.25, -0.2) is 0 Å². The summed E-state index contributed by atoms with van der Waals surface area (Å²) in [6.45, 7) is 0. The molecule has 0 spiro atoms. The molecule has 8 rings (SSSR count). The van der Waals surface area contributed by atoms with Crippen molar-refractivity contribution in [2.45, 2.75) is 0 Å². The van der Waals surface area contributed by atoms with Gasteiger partial charge in [0.2, 0.25) is 0 Å². The maximum Gasteiger partial charge on any atom is 2.00 e. The molecule has 4 aromatic heterocycles. The van der Waals surface area contributed by atoms with Gasteiger partial charge in [-0.3, -0.25) is 4.98 Å². The van der Waals surface area contributed by atoms with Crippen LogP contribution in [0.25, 0.3) is 72.3 Å². The van der Waals surface area contributed by atoms with Crippen LogP contribution in [0.3, 0.4) is 0 Å². The van der Waals surface area contributed by atoms with Crippen molar-refractivity contribution in [3.05, 3.63) is 128 Å². The van der Waals surface area contributed by atoms with E-state index in [-0.39, 0.29) is 21.1 Å². The quantitative estimate of drug-likeness (QED) is 0.173. The number of imidazole rings is 1. The predicted octanol–water partition coefficient (Wildman–Crippen LogP) is 8.26. The summed E-state index contributed by atoms with van der Waals surface area (Å²) < 4.78 is 9.90. The third kappa shape index (κ3) is 4.04. The molecule has 0 aliphatic heterocycles. The summed E-state index contributed by atoms with van der Waals surface area (Å²) in [4.78, 5) is 9.60. The Balaban J connectivity index is 0.00000276. The van der Waals surface area contributed by atoms with E-state index in [1.807, 2.05) is 54.7 Å². The minimum atomic E-state index is 0. The van der Waals surface area contributed by atoms with Crippen LogP contribution < -0.4 is 0 Å². The molecular weight excluding hydrogens is 687 g/mol. The van der Waals surface area contributed by atoms with Crippen molar-refractivity contribution in [2.24, 2.45) is 7.05 Å². The first-order chi connectivity index (χ1) is 19.8. The molecule has 0 N–H and O–H groups in total. The van der Waals surface area contributed by atoms with Crippen LogP contribution in [0.1, 0.15) is 0 Å². The van der Waals surface area contributed by atoms with Gasteiger partial charge >= 0.3 is 21.1 Å². The van der Waals surface area contributed by atoms with Gasteiger partial charge in [0, 0.05) is 18.8 Å². The van der Waals surface area contributed by atoms with Crippen LogP contribution in [-0.4, -0.2) is 19.1 Å². The molecule has 5 nitrogen and oxygen atoms in total. The molecular formula is C35H22N4OPt. The molecule has 0 aliphatic carbocycles. The molecule has 0 bridgehead atoms. The van der Waals surface area contributed by atoms with Gasteiger partial charge in [-0.1, -0.05) is 59.0 Å². The minimum Gasteiger partial charge on any atom is -0.473 e. The Labute approximate surface area is 251 Å². The Morgan fingerprint density at radius 3 is 2.41 bits per heavy atom. The summed E-state index contributed by atoms with van der Waals surface area (Å²) in [5, 5.41) is 2.25. The van der Waals surface area contributed by atoms with Crippen molar-refractivity contribution in [1.82, 2.24) is 19.1 Å². The first-order valence-corrected chi connectivity index (χ1v) is 13.1. The third-order valence-electron chi connectivity index (χ3n) is 7.52. The Morgan fingerprint density at radius 1 is 0.780 bits per heavy atom. The molecule has 0 atom stereocenters. The Bertz CT molecular complexity index is 2180. The fraction of sp³-hybridized carbons (Fsp3) is 0.0286. The van der Waals surface area contributed by atoms with Gasteiger partial charge in [0.25, 0.3) is 0 Å². The molecule has 0 saturated heterocycles. The summed E-state index contributed by atoms with van der Waals surface area (Å²) in [5.41, 5.74) is 9.74. The zero-order chi connectivity index (χ0) is 26.6. The van der Waals surface area contributed by atoms with Gasteiger partial charge in [-0.05, 0) is 58.2 Å². The number of furan rings is 1.